The fourth-order valence-corrected chi connectivity index (χ4v) is 3.04. The van der Waals surface area contributed by atoms with Gasteiger partial charge in [0.1, 0.15) is 5.75 Å². The van der Waals surface area contributed by atoms with E-state index in [4.69, 9.17) is 4.74 Å². The number of hydrogen-bond donors (Lipinski definition) is 2. The van der Waals surface area contributed by atoms with Crippen LogP contribution in [-0.4, -0.2) is 18.4 Å². The molecule has 0 bridgehead atoms. The van der Waals surface area contributed by atoms with Gasteiger partial charge in [-0.1, -0.05) is 60.7 Å². The Hall–Kier alpha value is -3.60. The molecular formula is C25H26N2O3. The molecule has 0 heterocycles. The second-order valence-electron chi connectivity index (χ2n) is 6.96. The van der Waals surface area contributed by atoms with Crippen LogP contribution < -0.4 is 15.4 Å². The van der Waals surface area contributed by atoms with Crippen molar-refractivity contribution < 1.29 is 14.3 Å². The summed E-state index contributed by atoms with van der Waals surface area (Å²) in [5.41, 5.74) is 1.96. The van der Waals surface area contributed by atoms with E-state index in [1.54, 1.807) is 24.3 Å². The van der Waals surface area contributed by atoms with Gasteiger partial charge in [-0.25, -0.2) is 0 Å². The molecule has 30 heavy (non-hydrogen) atoms. The fourth-order valence-electron chi connectivity index (χ4n) is 3.04. The maximum absolute atomic E-state index is 12.8. The van der Waals surface area contributed by atoms with Crippen molar-refractivity contribution in [3.63, 3.8) is 0 Å². The van der Waals surface area contributed by atoms with Gasteiger partial charge in [-0.3, -0.25) is 9.59 Å². The number of carbonyl (C=O) groups is 2. The lowest BCUT2D eigenvalue weighted by Gasteiger charge is -2.16. The van der Waals surface area contributed by atoms with E-state index in [0.29, 0.717) is 30.7 Å². The van der Waals surface area contributed by atoms with E-state index >= 15 is 0 Å². The average Bonchev–Trinajstić information content (AvgIpc) is 2.78. The van der Waals surface area contributed by atoms with E-state index in [1.165, 1.54) is 0 Å². The molecule has 0 aliphatic carbocycles. The van der Waals surface area contributed by atoms with Crippen molar-refractivity contribution in [1.82, 2.24) is 5.32 Å². The first-order chi connectivity index (χ1) is 14.6. The van der Waals surface area contributed by atoms with Crippen LogP contribution in [0, 0.1) is 0 Å². The first-order valence-corrected chi connectivity index (χ1v) is 10.1. The van der Waals surface area contributed by atoms with Gasteiger partial charge in [0.2, 0.25) is 5.91 Å². The molecule has 0 fully saturated rings. The molecule has 0 aliphatic rings. The number of hydrogen-bond acceptors (Lipinski definition) is 3. The fraction of sp³-hybridized carbons (Fsp3) is 0.200. The summed E-state index contributed by atoms with van der Waals surface area (Å²) in [6, 6.07) is 26.1. The zero-order chi connectivity index (χ0) is 21.2. The maximum Gasteiger partial charge on any atom is 0.253 e. The van der Waals surface area contributed by atoms with E-state index < -0.39 is 0 Å². The van der Waals surface area contributed by atoms with Crippen molar-refractivity contribution in [3.05, 3.63) is 96.1 Å². The number of anilines is 1. The predicted molar refractivity (Wildman–Crippen MR) is 119 cm³/mol. The van der Waals surface area contributed by atoms with Crippen LogP contribution in [0.1, 0.15) is 41.7 Å². The Labute approximate surface area is 177 Å². The third kappa shape index (κ3) is 6.21. The SMILES string of the molecule is C[C@H](NC(=O)c1ccccc1NC(=O)CCCOc1ccccc1)c1ccccc1. The highest BCUT2D eigenvalue weighted by molar-refractivity contribution is 6.03. The molecule has 3 aromatic rings. The molecule has 2 N–H and O–H groups in total. The summed E-state index contributed by atoms with van der Waals surface area (Å²) in [4.78, 5) is 25.1. The topological polar surface area (TPSA) is 67.4 Å². The van der Waals surface area contributed by atoms with E-state index in [9.17, 15) is 9.59 Å². The first kappa shape index (κ1) is 21.1. The zero-order valence-electron chi connectivity index (χ0n) is 17.0. The van der Waals surface area contributed by atoms with Crippen LogP contribution in [-0.2, 0) is 4.79 Å². The molecule has 0 spiro atoms. The van der Waals surface area contributed by atoms with Crippen molar-refractivity contribution >= 4 is 17.5 Å². The van der Waals surface area contributed by atoms with Crippen LogP contribution in [0.2, 0.25) is 0 Å². The van der Waals surface area contributed by atoms with Gasteiger partial charge in [-0.2, -0.15) is 0 Å². The molecule has 0 aromatic heterocycles. The largest absolute Gasteiger partial charge is 0.494 e. The lowest BCUT2D eigenvalue weighted by atomic mass is 10.1. The van der Waals surface area contributed by atoms with Gasteiger partial charge in [-0.05, 0) is 43.2 Å². The molecule has 0 saturated carbocycles. The van der Waals surface area contributed by atoms with Crippen molar-refractivity contribution in [3.8, 4) is 5.75 Å². The minimum absolute atomic E-state index is 0.141. The number of ether oxygens (including phenoxy) is 1. The summed E-state index contributed by atoms with van der Waals surface area (Å²) in [5, 5.41) is 5.83. The highest BCUT2D eigenvalue weighted by Gasteiger charge is 2.16. The van der Waals surface area contributed by atoms with Crippen molar-refractivity contribution in [2.45, 2.75) is 25.8 Å². The Morgan fingerprint density at radius 3 is 2.23 bits per heavy atom. The zero-order valence-corrected chi connectivity index (χ0v) is 17.0. The normalized spacial score (nSPS) is 11.4. The third-order valence-electron chi connectivity index (χ3n) is 4.65. The van der Waals surface area contributed by atoms with Crippen LogP contribution in [0.4, 0.5) is 5.69 Å². The molecule has 0 saturated heterocycles. The summed E-state index contributed by atoms with van der Waals surface area (Å²) in [7, 11) is 0. The van der Waals surface area contributed by atoms with Gasteiger partial charge in [0.05, 0.1) is 23.9 Å². The molecule has 3 aromatic carbocycles. The van der Waals surface area contributed by atoms with Crippen LogP contribution in [0.15, 0.2) is 84.9 Å². The molecule has 0 unspecified atom stereocenters. The highest BCUT2D eigenvalue weighted by atomic mass is 16.5. The lowest BCUT2D eigenvalue weighted by Crippen LogP contribution is -2.28. The standard InChI is InChI=1S/C25H26N2O3/c1-19(20-11-4-2-5-12-20)26-25(29)22-15-8-9-16-23(22)27-24(28)17-10-18-30-21-13-6-3-7-14-21/h2-9,11-16,19H,10,17-18H2,1H3,(H,26,29)(H,27,28)/t19-/m0/s1. The molecule has 0 aliphatic heterocycles. The van der Waals surface area contributed by atoms with Crippen molar-refractivity contribution in [2.75, 3.05) is 11.9 Å². The van der Waals surface area contributed by atoms with Crippen LogP contribution in [0.5, 0.6) is 5.75 Å². The minimum atomic E-state index is -0.227. The predicted octanol–water partition coefficient (Wildman–Crippen LogP) is 4.98. The third-order valence-corrected chi connectivity index (χ3v) is 4.65. The molecule has 154 valence electrons. The van der Waals surface area contributed by atoms with Crippen LogP contribution in [0.3, 0.4) is 0 Å². The van der Waals surface area contributed by atoms with Gasteiger partial charge in [0.25, 0.3) is 5.91 Å². The highest BCUT2D eigenvalue weighted by Crippen LogP contribution is 2.18. The van der Waals surface area contributed by atoms with E-state index in [-0.39, 0.29) is 17.9 Å². The van der Waals surface area contributed by atoms with Gasteiger partial charge in [0.15, 0.2) is 0 Å². The van der Waals surface area contributed by atoms with Crippen molar-refractivity contribution in [2.24, 2.45) is 0 Å². The summed E-state index contributed by atoms with van der Waals surface area (Å²) in [6.45, 7) is 2.38. The number of para-hydroxylation sites is 2. The molecule has 2 amide bonds. The first-order valence-electron chi connectivity index (χ1n) is 10.1. The molecule has 5 nitrogen and oxygen atoms in total. The lowest BCUT2D eigenvalue weighted by molar-refractivity contribution is -0.116. The molecular weight excluding hydrogens is 376 g/mol. The molecule has 3 rings (SSSR count). The minimum Gasteiger partial charge on any atom is -0.494 e. The van der Waals surface area contributed by atoms with Crippen molar-refractivity contribution in [1.29, 1.82) is 0 Å². The number of nitrogens with one attached hydrogen (secondary N) is 2. The van der Waals surface area contributed by atoms with Gasteiger partial charge in [0, 0.05) is 6.42 Å². The monoisotopic (exact) mass is 402 g/mol. The summed E-state index contributed by atoms with van der Waals surface area (Å²) in [5.74, 6) is 0.408. The summed E-state index contributed by atoms with van der Waals surface area (Å²) >= 11 is 0. The molecule has 5 heteroatoms. The van der Waals surface area contributed by atoms with Gasteiger partial charge in [-0.15, -0.1) is 0 Å². The number of carbonyl (C=O) groups excluding carboxylic acids is 2. The van der Waals surface area contributed by atoms with E-state index in [0.717, 1.165) is 11.3 Å². The quantitative estimate of drug-likeness (QED) is 0.496. The Morgan fingerprint density at radius 1 is 0.867 bits per heavy atom. The second-order valence-corrected chi connectivity index (χ2v) is 6.96. The van der Waals surface area contributed by atoms with Gasteiger partial charge >= 0.3 is 0 Å². The van der Waals surface area contributed by atoms with Crippen LogP contribution >= 0.6 is 0 Å². The Balaban J connectivity index is 1.52. The molecule has 0 radical (unpaired) electrons. The molecule has 1 atom stereocenters. The Bertz CT molecular complexity index is 958. The smallest absolute Gasteiger partial charge is 0.253 e. The Kier molecular flexibility index (Phi) is 7.61. The van der Waals surface area contributed by atoms with Gasteiger partial charge < -0.3 is 15.4 Å². The average molecular weight is 402 g/mol. The second kappa shape index (κ2) is 10.8. The number of amides is 2. The Morgan fingerprint density at radius 2 is 1.50 bits per heavy atom. The van der Waals surface area contributed by atoms with E-state index in [1.807, 2.05) is 67.6 Å². The maximum atomic E-state index is 12.8. The number of rotatable bonds is 9. The number of benzene rings is 3. The van der Waals surface area contributed by atoms with Crippen LogP contribution in [0.25, 0.3) is 0 Å². The van der Waals surface area contributed by atoms with E-state index in [2.05, 4.69) is 10.6 Å². The summed E-state index contributed by atoms with van der Waals surface area (Å²) in [6.07, 6.45) is 0.892. The summed E-state index contributed by atoms with van der Waals surface area (Å²) < 4.78 is 5.61.